The molecule has 0 aliphatic rings. The normalized spacial score (nSPS) is 13.2. The van der Waals surface area contributed by atoms with Crippen molar-refractivity contribution in [2.24, 2.45) is 17.0 Å². The fraction of sp³-hybridized carbons (Fsp3) is 0.667. The molecule has 0 saturated heterocycles. The number of hydrogen-bond acceptors (Lipinski definition) is 18. The van der Waals surface area contributed by atoms with Gasteiger partial charge in [0.2, 0.25) is 11.8 Å². The molecule has 544 valence electrons. The van der Waals surface area contributed by atoms with Gasteiger partial charge in [-0.05, 0) is 170 Å². The summed E-state index contributed by atoms with van der Waals surface area (Å²) in [7, 11) is 0. The average molecular weight is 1370 g/mol. The Morgan fingerprint density at radius 2 is 1.08 bits per heavy atom. The van der Waals surface area contributed by atoms with E-state index in [9.17, 15) is 47.9 Å². The number of alkyl carbamates (subject to hydrolysis) is 1. The van der Waals surface area contributed by atoms with Gasteiger partial charge in [-0.2, -0.15) is 0 Å². The summed E-state index contributed by atoms with van der Waals surface area (Å²) in [6.07, 6.45) is 8.74. The Morgan fingerprint density at radius 1 is 0.531 bits per heavy atom. The van der Waals surface area contributed by atoms with Crippen LogP contribution in [-0.2, 0) is 88.0 Å². The maximum Gasteiger partial charge on any atom is 0.407 e. The number of azide groups is 1. The highest BCUT2D eigenvalue weighted by Gasteiger charge is 2.33. The van der Waals surface area contributed by atoms with Crippen LogP contribution in [0.5, 0.6) is 0 Å². The summed E-state index contributed by atoms with van der Waals surface area (Å²) in [5, 5.41) is 25.8. The summed E-state index contributed by atoms with van der Waals surface area (Å²) in [4.78, 5) is 135. The molecule has 1 heterocycles. The van der Waals surface area contributed by atoms with Gasteiger partial charge in [0.15, 0.2) is 5.78 Å². The highest BCUT2D eigenvalue weighted by molar-refractivity contribution is 5.92. The number of ether oxygens (including phenoxy) is 5. The summed E-state index contributed by atoms with van der Waals surface area (Å²) in [5.41, 5.74) is 7.93. The number of Topliss-reactive ketones (excluding diaryl/α,β-unsaturated/α-hetero) is 3. The Bertz CT molecular complexity index is 3020. The molecule has 3 rings (SSSR count). The van der Waals surface area contributed by atoms with Crippen LogP contribution in [0.2, 0.25) is 0 Å². The standard InChI is InChI=1S/C72H111N11O15/c1-69(2,3)95-62(87)38-37-59(66(91)97-71(7,8)9)79-67(92)78-58(65(90)96-70(4,5)6)35-24-26-43-83-49-55(80-82-83)50-94-44-27-15-13-14-22-34-56(84)48-54(45-51-29-18-16-19-30-51)64(89)77-60(46-52-31-20-17-21-32-52)61(86)36-28-41-74-63(88)53(47-57(85)39-42-76-81-73)33-23-25-40-75-68(93)98-72(10,11)12/h16-21,29-32,49,53-54,58-60H,13-15,22-28,33-48,50H2,1-12H3,(H,74,88)(H,75,93)(H,77,89)(H2,78,79,92)/t53-,54-,58+,59+,60?/m1/s1. The minimum atomic E-state index is -1.21. The van der Waals surface area contributed by atoms with Gasteiger partial charge in [0.25, 0.3) is 0 Å². The van der Waals surface area contributed by atoms with E-state index < -0.39 is 88.3 Å². The van der Waals surface area contributed by atoms with Crippen LogP contribution in [0.15, 0.2) is 72.0 Å². The van der Waals surface area contributed by atoms with E-state index in [4.69, 9.17) is 29.2 Å². The third-order valence-corrected chi connectivity index (χ3v) is 14.9. The molecule has 0 spiro atoms. The number of ketones is 3. The zero-order chi connectivity index (χ0) is 72.7. The summed E-state index contributed by atoms with van der Waals surface area (Å²) < 4.78 is 29.4. The van der Waals surface area contributed by atoms with Crippen LogP contribution in [0.1, 0.15) is 222 Å². The van der Waals surface area contributed by atoms with E-state index in [0.29, 0.717) is 76.8 Å². The van der Waals surface area contributed by atoms with Crippen LogP contribution < -0.4 is 26.6 Å². The van der Waals surface area contributed by atoms with Crippen molar-refractivity contribution < 1.29 is 71.6 Å². The number of amides is 5. The molecule has 0 aliphatic heterocycles. The third-order valence-electron chi connectivity index (χ3n) is 14.9. The Morgan fingerprint density at radius 3 is 1.69 bits per heavy atom. The minimum Gasteiger partial charge on any atom is -0.460 e. The molecule has 0 radical (unpaired) electrons. The molecule has 5 N–H and O–H groups in total. The number of carbonyl (C=O) groups excluding carboxylic acids is 10. The fourth-order valence-corrected chi connectivity index (χ4v) is 10.3. The zero-order valence-corrected chi connectivity index (χ0v) is 60.1. The molecule has 0 bridgehead atoms. The number of benzene rings is 2. The quantitative estimate of drug-likeness (QED) is 0.00876. The molecule has 0 saturated carbocycles. The van der Waals surface area contributed by atoms with E-state index in [2.05, 4.69) is 46.9 Å². The lowest BCUT2D eigenvalue weighted by Crippen LogP contribution is -2.53. The van der Waals surface area contributed by atoms with Crippen molar-refractivity contribution in [3.05, 3.63) is 94.1 Å². The van der Waals surface area contributed by atoms with Gasteiger partial charge >= 0.3 is 30.0 Å². The number of aromatic nitrogens is 3. The number of hydrogen-bond donors (Lipinski definition) is 5. The van der Waals surface area contributed by atoms with Crippen molar-refractivity contribution in [1.82, 2.24) is 41.6 Å². The van der Waals surface area contributed by atoms with Crippen LogP contribution in [0, 0.1) is 11.8 Å². The van der Waals surface area contributed by atoms with Gasteiger partial charge in [-0.15, -0.1) is 5.10 Å². The first-order chi connectivity index (χ1) is 46.2. The van der Waals surface area contributed by atoms with Crippen molar-refractivity contribution in [1.29, 1.82) is 0 Å². The van der Waals surface area contributed by atoms with Crippen LogP contribution >= 0.6 is 0 Å². The van der Waals surface area contributed by atoms with E-state index in [1.54, 1.807) is 94.0 Å². The molecule has 3 aromatic rings. The maximum absolute atomic E-state index is 14.3. The topological polar surface area (TPSA) is 356 Å². The SMILES string of the molecule is CC(C)(C)OC(=O)CC[C@H](NC(=O)N[C@@H](CCCCn1cc(COCCCCCCCC(=O)C[C@@H](Cc2ccccc2)C(=O)NC(Cc2ccccc2)C(=O)CCCNC(=O)[C@H](CCCCNC(=O)OC(C)(C)C)CC(=O)CCN=[N+]=[N-])nn1)C(=O)OC(C)(C)C)C(=O)OC(C)(C)C. The smallest absolute Gasteiger partial charge is 0.407 e. The summed E-state index contributed by atoms with van der Waals surface area (Å²) in [5.74, 6) is -4.61. The highest BCUT2D eigenvalue weighted by atomic mass is 16.6. The number of carbonyl (C=O) groups is 10. The van der Waals surface area contributed by atoms with E-state index >= 15 is 0 Å². The lowest BCUT2D eigenvalue weighted by Gasteiger charge is -2.27. The first-order valence-corrected chi connectivity index (χ1v) is 34.6. The Balaban J connectivity index is 1.48. The summed E-state index contributed by atoms with van der Waals surface area (Å²) >= 11 is 0. The number of esters is 3. The molecule has 26 nitrogen and oxygen atoms in total. The number of urea groups is 1. The maximum atomic E-state index is 14.3. The summed E-state index contributed by atoms with van der Waals surface area (Å²) in [6.45, 7) is 22.4. The van der Waals surface area contributed by atoms with E-state index in [1.165, 1.54) is 0 Å². The van der Waals surface area contributed by atoms with Crippen molar-refractivity contribution in [3.8, 4) is 0 Å². The second-order valence-electron chi connectivity index (χ2n) is 28.8. The summed E-state index contributed by atoms with van der Waals surface area (Å²) in [6, 6.07) is 14.8. The lowest BCUT2D eigenvalue weighted by atomic mass is 9.90. The van der Waals surface area contributed by atoms with Gasteiger partial charge < -0.3 is 50.3 Å². The van der Waals surface area contributed by atoms with Crippen LogP contribution in [0.25, 0.3) is 10.4 Å². The fourth-order valence-electron chi connectivity index (χ4n) is 10.3. The first-order valence-electron chi connectivity index (χ1n) is 34.6. The van der Waals surface area contributed by atoms with Gasteiger partial charge in [0.1, 0.15) is 51.7 Å². The zero-order valence-electron chi connectivity index (χ0n) is 60.1. The Kier molecular flexibility index (Phi) is 37.6. The van der Waals surface area contributed by atoms with Crippen LogP contribution in [0.3, 0.4) is 0 Å². The number of aryl methyl sites for hydroxylation is 1. The van der Waals surface area contributed by atoms with Crippen molar-refractivity contribution in [2.45, 2.75) is 272 Å². The second kappa shape index (κ2) is 43.9. The average Bonchev–Trinajstić information content (AvgIpc) is 1.07. The van der Waals surface area contributed by atoms with Crippen LogP contribution in [0.4, 0.5) is 9.59 Å². The number of unbranched alkanes of at least 4 members (excludes halogenated alkanes) is 6. The van der Waals surface area contributed by atoms with Crippen molar-refractivity contribution in [3.63, 3.8) is 0 Å². The molecule has 2 aromatic carbocycles. The van der Waals surface area contributed by atoms with E-state index in [0.717, 1.165) is 36.8 Å². The first kappa shape index (κ1) is 84.0. The lowest BCUT2D eigenvalue weighted by molar-refractivity contribution is -0.159. The molecular formula is C72H111N11O15. The van der Waals surface area contributed by atoms with Gasteiger partial charge in [0.05, 0.1) is 18.8 Å². The predicted molar refractivity (Wildman–Crippen MR) is 370 cm³/mol. The van der Waals surface area contributed by atoms with E-state index in [-0.39, 0.29) is 101 Å². The molecule has 1 aromatic heterocycles. The largest absolute Gasteiger partial charge is 0.460 e. The predicted octanol–water partition coefficient (Wildman–Crippen LogP) is 11.1. The highest BCUT2D eigenvalue weighted by Crippen LogP contribution is 2.21. The third kappa shape index (κ3) is 39.8. The Hall–Kier alpha value is -8.25. The Labute approximate surface area is 579 Å². The molecule has 1 unspecified atom stereocenters. The van der Waals surface area contributed by atoms with E-state index in [1.807, 2.05) is 60.7 Å². The number of nitrogens with one attached hydrogen (secondary N) is 5. The monoisotopic (exact) mass is 1370 g/mol. The molecule has 0 aliphatic carbocycles. The van der Waals surface area contributed by atoms with Crippen molar-refractivity contribution >= 4 is 59.2 Å². The molecule has 0 fully saturated rings. The molecule has 26 heteroatoms. The molecule has 5 amide bonds. The molecular weight excluding hydrogens is 1260 g/mol. The van der Waals surface area contributed by atoms with Crippen molar-refractivity contribution in [2.75, 3.05) is 26.2 Å². The van der Waals surface area contributed by atoms with Gasteiger partial charge in [0, 0.05) is 88.1 Å². The minimum absolute atomic E-state index is 0.00118. The number of nitrogens with zero attached hydrogens (tertiary/aromatic N) is 6. The number of rotatable bonds is 46. The molecule has 98 heavy (non-hydrogen) atoms. The molecule has 5 atom stereocenters. The van der Waals surface area contributed by atoms with Gasteiger partial charge in [-0.25, -0.2) is 19.2 Å². The van der Waals surface area contributed by atoms with Gasteiger partial charge in [-0.1, -0.05) is 96.7 Å². The van der Waals surface area contributed by atoms with Crippen LogP contribution in [-0.4, -0.2) is 141 Å². The van der Waals surface area contributed by atoms with Gasteiger partial charge in [-0.3, -0.25) is 33.4 Å². The second-order valence-corrected chi connectivity index (χ2v) is 28.8.